The Morgan fingerprint density at radius 2 is 2.12 bits per heavy atom. The van der Waals surface area contributed by atoms with E-state index in [-0.39, 0.29) is 12.0 Å². The van der Waals surface area contributed by atoms with Gasteiger partial charge in [0.15, 0.2) is 0 Å². The molecule has 2 rings (SSSR count). The SMILES string of the molecule is CC1CCCNC1C(=O)OCCC1CCC1. The molecule has 1 N–H and O–H groups in total. The smallest absolute Gasteiger partial charge is 0.323 e. The summed E-state index contributed by atoms with van der Waals surface area (Å²) in [6.45, 7) is 3.70. The van der Waals surface area contributed by atoms with Crippen LogP contribution in [0.1, 0.15) is 45.4 Å². The molecule has 0 spiro atoms. The van der Waals surface area contributed by atoms with E-state index in [1.54, 1.807) is 0 Å². The minimum Gasteiger partial charge on any atom is -0.465 e. The third-order valence-corrected chi connectivity index (χ3v) is 4.02. The van der Waals surface area contributed by atoms with Gasteiger partial charge in [0, 0.05) is 0 Å². The molecule has 2 fully saturated rings. The number of nitrogens with one attached hydrogen (secondary N) is 1. The van der Waals surface area contributed by atoms with Crippen LogP contribution in [0.25, 0.3) is 0 Å². The Morgan fingerprint density at radius 3 is 2.75 bits per heavy atom. The largest absolute Gasteiger partial charge is 0.465 e. The maximum Gasteiger partial charge on any atom is 0.323 e. The van der Waals surface area contributed by atoms with E-state index in [9.17, 15) is 4.79 Å². The molecule has 1 saturated heterocycles. The topological polar surface area (TPSA) is 38.3 Å². The Morgan fingerprint density at radius 1 is 1.31 bits per heavy atom. The first-order valence-corrected chi connectivity index (χ1v) is 6.67. The summed E-state index contributed by atoms with van der Waals surface area (Å²) in [7, 11) is 0. The zero-order valence-electron chi connectivity index (χ0n) is 10.2. The minimum atomic E-state index is -0.0601. The molecular formula is C13H23NO2. The lowest BCUT2D eigenvalue weighted by Crippen LogP contribution is -2.46. The number of esters is 1. The van der Waals surface area contributed by atoms with Crippen LogP contribution in [0.5, 0.6) is 0 Å². The number of piperidine rings is 1. The van der Waals surface area contributed by atoms with Crippen molar-refractivity contribution >= 4 is 5.97 Å². The number of ether oxygens (including phenoxy) is 1. The molecule has 0 bridgehead atoms. The van der Waals surface area contributed by atoms with Gasteiger partial charge in [-0.05, 0) is 37.6 Å². The highest BCUT2D eigenvalue weighted by Crippen LogP contribution is 2.29. The molecule has 0 aromatic heterocycles. The van der Waals surface area contributed by atoms with Gasteiger partial charge in [0.1, 0.15) is 6.04 Å². The molecule has 0 aromatic rings. The van der Waals surface area contributed by atoms with Gasteiger partial charge in [-0.1, -0.05) is 26.2 Å². The molecule has 1 aliphatic heterocycles. The van der Waals surface area contributed by atoms with Crippen molar-refractivity contribution in [3.8, 4) is 0 Å². The van der Waals surface area contributed by atoms with E-state index >= 15 is 0 Å². The zero-order chi connectivity index (χ0) is 11.4. The fraction of sp³-hybridized carbons (Fsp3) is 0.923. The van der Waals surface area contributed by atoms with Crippen molar-refractivity contribution in [1.29, 1.82) is 0 Å². The van der Waals surface area contributed by atoms with Crippen LogP contribution in [-0.4, -0.2) is 25.2 Å². The number of carbonyl (C=O) groups is 1. The summed E-state index contributed by atoms with van der Waals surface area (Å²) in [6.07, 6.45) is 7.39. The van der Waals surface area contributed by atoms with Gasteiger partial charge in [0.05, 0.1) is 6.61 Å². The van der Waals surface area contributed by atoms with Crippen molar-refractivity contribution in [1.82, 2.24) is 5.32 Å². The summed E-state index contributed by atoms with van der Waals surface area (Å²) in [5, 5.41) is 3.26. The lowest BCUT2D eigenvalue weighted by atomic mass is 9.83. The Kier molecular flexibility index (Phi) is 4.22. The number of hydrogen-bond donors (Lipinski definition) is 1. The van der Waals surface area contributed by atoms with Gasteiger partial charge in [-0.3, -0.25) is 4.79 Å². The van der Waals surface area contributed by atoms with Gasteiger partial charge in [-0.25, -0.2) is 0 Å². The summed E-state index contributed by atoms with van der Waals surface area (Å²) in [5.74, 6) is 1.21. The summed E-state index contributed by atoms with van der Waals surface area (Å²) < 4.78 is 5.36. The molecule has 0 radical (unpaired) electrons. The molecule has 2 atom stereocenters. The predicted molar refractivity (Wildman–Crippen MR) is 63.1 cm³/mol. The van der Waals surface area contributed by atoms with Crippen molar-refractivity contribution in [2.75, 3.05) is 13.2 Å². The first-order chi connectivity index (χ1) is 7.77. The molecule has 0 amide bonds. The fourth-order valence-electron chi connectivity index (χ4n) is 2.56. The van der Waals surface area contributed by atoms with Gasteiger partial charge in [-0.15, -0.1) is 0 Å². The monoisotopic (exact) mass is 225 g/mol. The van der Waals surface area contributed by atoms with E-state index in [2.05, 4.69) is 12.2 Å². The average Bonchev–Trinajstić information content (AvgIpc) is 2.22. The molecular weight excluding hydrogens is 202 g/mol. The van der Waals surface area contributed by atoms with Gasteiger partial charge < -0.3 is 10.1 Å². The van der Waals surface area contributed by atoms with Crippen LogP contribution < -0.4 is 5.32 Å². The highest BCUT2D eigenvalue weighted by atomic mass is 16.5. The predicted octanol–water partition coefficient (Wildman–Crippen LogP) is 2.11. The van der Waals surface area contributed by atoms with Gasteiger partial charge >= 0.3 is 5.97 Å². The van der Waals surface area contributed by atoms with E-state index in [1.165, 1.54) is 25.7 Å². The highest BCUT2D eigenvalue weighted by molar-refractivity contribution is 5.76. The Balaban J connectivity index is 1.65. The third-order valence-electron chi connectivity index (χ3n) is 4.02. The van der Waals surface area contributed by atoms with Crippen LogP contribution in [-0.2, 0) is 9.53 Å². The normalized spacial score (nSPS) is 30.8. The van der Waals surface area contributed by atoms with E-state index in [0.29, 0.717) is 12.5 Å². The van der Waals surface area contributed by atoms with E-state index < -0.39 is 0 Å². The summed E-state index contributed by atoms with van der Waals surface area (Å²) >= 11 is 0. The van der Waals surface area contributed by atoms with Gasteiger partial charge in [0.2, 0.25) is 0 Å². The number of hydrogen-bond acceptors (Lipinski definition) is 3. The lowest BCUT2D eigenvalue weighted by Gasteiger charge is -2.29. The quantitative estimate of drug-likeness (QED) is 0.745. The van der Waals surface area contributed by atoms with Crippen LogP contribution in [0.4, 0.5) is 0 Å². The molecule has 1 saturated carbocycles. The van der Waals surface area contributed by atoms with Crippen LogP contribution in [0, 0.1) is 11.8 Å². The van der Waals surface area contributed by atoms with Crippen LogP contribution in [0.3, 0.4) is 0 Å². The Bertz CT molecular complexity index is 238. The zero-order valence-corrected chi connectivity index (χ0v) is 10.2. The van der Waals surface area contributed by atoms with E-state index in [0.717, 1.165) is 25.3 Å². The Labute approximate surface area is 97.9 Å². The van der Waals surface area contributed by atoms with Crippen LogP contribution >= 0.6 is 0 Å². The molecule has 92 valence electrons. The lowest BCUT2D eigenvalue weighted by molar-refractivity contribution is -0.148. The second-order valence-electron chi connectivity index (χ2n) is 5.30. The van der Waals surface area contributed by atoms with E-state index in [4.69, 9.17) is 4.74 Å². The second-order valence-corrected chi connectivity index (χ2v) is 5.30. The van der Waals surface area contributed by atoms with Crippen LogP contribution in [0.2, 0.25) is 0 Å². The summed E-state index contributed by atoms with van der Waals surface area (Å²) in [4.78, 5) is 11.8. The Hall–Kier alpha value is -0.570. The molecule has 1 heterocycles. The van der Waals surface area contributed by atoms with Crippen molar-refractivity contribution in [2.24, 2.45) is 11.8 Å². The van der Waals surface area contributed by atoms with E-state index in [1.807, 2.05) is 0 Å². The van der Waals surface area contributed by atoms with Crippen molar-refractivity contribution in [3.05, 3.63) is 0 Å². The minimum absolute atomic E-state index is 0.0356. The van der Waals surface area contributed by atoms with Crippen molar-refractivity contribution < 1.29 is 9.53 Å². The van der Waals surface area contributed by atoms with Crippen molar-refractivity contribution in [2.45, 2.75) is 51.5 Å². The molecule has 2 unspecified atom stereocenters. The molecule has 2 aliphatic rings. The summed E-state index contributed by atoms with van der Waals surface area (Å²) in [5.41, 5.74) is 0. The van der Waals surface area contributed by atoms with Gasteiger partial charge in [0.25, 0.3) is 0 Å². The second kappa shape index (κ2) is 5.67. The molecule has 16 heavy (non-hydrogen) atoms. The standard InChI is InChI=1S/C13H23NO2/c1-10-4-3-8-14-12(10)13(15)16-9-7-11-5-2-6-11/h10-12,14H,2-9H2,1H3. The van der Waals surface area contributed by atoms with Gasteiger partial charge in [-0.2, -0.15) is 0 Å². The fourth-order valence-corrected chi connectivity index (χ4v) is 2.56. The first-order valence-electron chi connectivity index (χ1n) is 6.67. The average molecular weight is 225 g/mol. The maximum absolute atomic E-state index is 11.8. The molecule has 3 nitrogen and oxygen atoms in total. The highest BCUT2D eigenvalue weighted by Gasteiger charge is 2.28. The maximum atomic E-state index is 11.8. The third kappa shape index (κ3) is 2.97. The summed E-state index contributed by atoms with van der Waals surface area (Å²) in [6, 6.07) is -0.0601. The molecule has 0 aromatic carbocycles. The van der Waals surface area contributed by atoms with Crippen molar-refractivity contribution in [3.63, 3.8) is 0 Å². The first kappa shape index (κ1) is 11.9. The number of rotatable bonds is 4. The molecule has 3 heteroatoms. The van der Waals surface area contributed by atoms with Crippen LogP contribution in [0.15, 0.2) is 0 Å². The number of carbonyl (C=O) groups excluding carboxylic acids is 1. The molecule has 1 aliphatic carbocycles.